The smallest absolute Gasteiger partial charge is 0.226 e. The average Bonchev–Trinajstić information content (AvgIpc) is 2.54. The Morgan fingerprint density at radius 2 is 2.06 bits per heavy atom. The first-order valence-electron chi connectivity index (χ1n) is 6.36. The molecule has 0 spiro atoms. The summed E-state index contributed by atoms with van der Waals surface area (Å²) in [4.78, 5) is 14.1. The molecule has 0 aromatic carbocycles. The molecule has 2 heterocycles. The number of hydrogen-bond acceptors (Lipinski definition) is 4. The van der Waals surface area contributed by atoms with E-state index in [0.717, 1.165) is 0 Å². The number of morpholine rings is 1. The van der Waals surface area contributed by atoms with Crippen molar-refractivity contribution in [1.82, 2.24) is 4.90 Å². The lowest BCUT2D eigenvalue weighted by molar-refractivity contribution is -0.160. The monoisotopic (exact) mass is 275 g/mol. The van der Waals surface area contributed by atoms with Gasteiger partial charge in [-0.1, -0.05) is 0 Å². The number of hydrogen-bond donors (Lipinski definition) is 0. The molecule has 2 saturated heterocycles. The first-order valence-corrected chi connectivity index (χ1v) is 8.18. The van der Waals surface area contributed by atoms with Gasteiger partial charge in [-0.05, 0) is 27.2 Å². The lowest BCUT2D eigenvalue weighted by Crippen LogP contribution is -2.55. The third-order valence-corrected chi connectivity index (χ3v) is 5.23. The number of amides is 1. The highest BCUT2D eigenvalue weighted by Crippen LogP contribution is 2.26. The molecule has 0 aliphatic carbocycles. The van der Waals surface area contributed by atoms with Crippen LogP contribution in [0.15, 0.2) is 0 Å². The summed E-state index contributed by atoms with van der Waals surface area (Å²) < 4.78 is 28.6. The number of carbonyl (C=O) groups is 1. The highest BCUT2D eigenvalue weighted by atomic mass is 32.2. The fourth-order valence-electron chi connectivity index (χ4n) is 2.87. The molecular weight excluding hydrogens is 254 g/mol. The van der Waals surface area contributed by atoms with E-state index < -0.39 is 9.84 Å². The zero-order valence-electron chi connectivity index (χ0n) is 11.2. The summed E-state index contributed by atoms with van der Waals surface area (Å²) in [6.45, 7) is 6.93. The van der Waals surface area contributed by atoms with Crippen molar-refractivity contribution in [3.8, 4) is 0 Å². The fourth-order valence-corrected chi connectivity index (χ4v) is 4.60. The van der Waals surface area contributed by atoms with Gasteiger partial charge in [-0.25, -0.2) is 8.42 Å². The van der Waals surface area contributed by atoms with Crippen molar-refractivity contribution in [3.63, 3.8) is 0 Å². The van der Waals surface area contributed by atoms with Crippen molar-refractivity contribution in [2.24, 2.45) is 5.92 Å². The second-order valence-electron chi connectivity index (χ2n) is 6.01. The van der Waals surface area contributed by atoms with Crippen molar-refractivity contribution >= 4 is 15.7 Å². The van der Waals surface area contributed by atoms with Gasteiger partial charge in [0, 0.05) is 13.1 Å². The van der Waals surface area contributed by atoms with E-state index in [1.807, 2.05) is 20.8 Å². The van der Waals surface area contributed by atoms with Crippen LogP contribution in [0.3, 0.4) is 0 Å². The van der Waals surface area contributed by atoms with Gasteiger partial charge < -0.3 is 9.64 Å². The summed E-state index contributed by atoms with van der Waals surface area (Å²) in [5, 5.41) is 0. The lowest BCUT2D eigenvalue weighted by atomic mass is 10.0. The van der Waals surface area contributed by atoms with E-state index in [1.54, 1.807) is 4.90 Å². The molecule has 104 valence electrons. The zero-order chi connectivity index (χ0) is 13.6. The molecule has 0 N–H and O–H groups in total. The van der Waals surface area contributed by atoms with E-state index in [2.05, 4.69) is 0 Å². The fraction of sp³-hybridized carbons (Fsp3) is 0.917. The Morgan fingerprint density at radius 3 is 2.56 bits per heavy atom. The molecule has 2 atom stereocenters. The number of ether oxygens (including phenoxy) is 1. The second-order valence-corrected chi connectivity index (χ2v) is 8.24. The summed E-state index contributed by atoms with van der Waals surface area (Å²) in [7, 11) is -3.00. The molecule has 2 unspecified atom stereocenters. The lowest BCUT2D eigenvalue weighted by Gasteiger charge is -2.42. The zero-order valence-corrected chi connectivity index (χ0v) is 12.0. The molecule has 2 fully saturated rings. The molecule has 0 radical (unpaired) electrons. The summed E-state index contributed by atoms with van der Waals surface area (Å²) in [5.74, 6) is -0.222. The van der Waals surface area contributed by atoms with E-state index in [1.165, 1.54) is 0 Å². The van der Waals surface area contributed by atoms with Crippen LogP contribution in [-0.4, -0.2) is 55.5 Å². The van der Waals surface area contributed by atoms with E-state index >= 15 is 0 Å². The molecule has 0 bridgehead atoms. The van der Waals surface area contributed by atoms with Gasteiger partial charge in [0.05, 0.1) is 29.1 Å². The molecule has 2 rings (SSSR count). The summed E-state index contributed by atoms with van der Waals surface area (Å²) in [6, 6.07) is 0. The summed E-state index contributed by atoms with van der Waals surface area (Å²) >= 11 is 0. The van der Waals surface area contributed by atoms with Crippen LogP contribution in [0, 0.1) is 5.92 Å². The topological polar surface area (TPSA) is 63.7 Å². The number of sulfone groups is 1. The highest BCUT2D eigenvalue weighted by Gasteiger charge is 2.39. The molecule has 5 nitrogen and oxygen atoms in total. The average molecular weight is 275 g/mol. The molecule has 18 heavy (non-hydrogen) atoms. The van der Waals surface area contributed by atoms with Crippen LogP contribution in [0.1, 0.15) is 27.2 Å². The quantitative estimate of drug-likeness (QED) is 0.697. The number of carbonyl (C=O) groups excluding carboxylic acids is 1. The van der Waals surface area contributed by atoms with Crippen LogP contribution in [0.2, 0.25) is 0 Å². The minimum absolute atomic E-state index is 0.00397. The predicted octanol–water partition coefficient (Wildman–Crippen LogP) is 0.447. The Morgan fingerprint density at radius 1 is 1.39 bits per heavy atom. The van der Waals surface area contributed by atoms with Gasteiger partial charge in [0.15, 0.2) is 9.84 Å². The molecular formula is C12H21NO4S. The van der Waals surface area contributed by atoms with Gasteiger partial charge in [0.2, 0.25) is 5.91 Å². The Balaban J connectivity index is 2.05. The van der Waals surface area contributed by atoms with E-state index in [-0.39, 0.29) is 35.0 Å². The van der Waals surface area contributed by atoms with Gasteiger partial charge >= 0.3 is 0 Å². The minimum atomic E-state index is -3.00. The van der Waals surface area contributed by atoms with Crippen molar-refractivity contribution in [1.29, 1.82) is 0 Å². The maximum Gasteiger partial charge on any atom is 0.226 e. The van der Waals surface area contributed by atoms with E-state index in [0.29, 0.717) is 19.5 Å². The van der Waals surface area contributed by atoms with Crippen LogP contribution in [0.4, 0.5) is 0 Å². The van der Waals surface area contributed by atoms with Crippen molar-refractivity contribution in [2.45, 2.75) is 38.9 Å². The maximum atomic E-state index is 12.3. The van der Waals surface area contributed by atoms with Crippen LogP contribution < -0.4 is 0 Å². The van der Waals surface area contributed by atoms with Crippen molar-refractivity contribution < 1.29 is 17.9 Å². The van der Waals surface area contributed by atoms with E-state index in [4.69, 9.17) is 4.74 Å². The van der Waals surface area contributed by atoms with Gasteiger partial charge in [-0.2, -0.15) is 0 Å². The van der Waals surface area contributed by atoms with Crippen LogP contribution in [0.25, 0.3) is 0 Å². The minimum Gasteiger partial charge on any atom is -0.369 e. The number of nitrogens with zero attached hydrogens (tertiary/aromatic N) is 1. The summed E-state index contributed by atoms with van der Waals surface area (Å²) in [6.07, 6.45) is 0.462. The Labute approximate surface area is 108 Å². The van der Waals surface area contributed by atoms with Crippen LogP contribution in [0.5, 0.6) is 0 Å². The Kier molecular flexibility index (Phi) is 3.44. The predicted molar refractivity (Wildman–Crippen MR) is 68.0 cm³/mol. The highest BCUT2D eigenvalue weighted by molar-refractivity contribution is 7.91. The molecule has 0 aromatic heterocycles. The SMILES string of the molecule is CC1CN(C(=O)C2CCS(=O)(=O)C2)CC(C)(C)O1. The van der Waals surface area contributed by atoms with Crippen LogP contribution >= 0.6 is 0 Å². The van der Waals surface area contributed by atoms with Gasteiger partial charge in [-0.15, -0.1) is 0 Å². The Bertz CT molecular complexity index is 443. The number of rotatable bonds is 1. The standard InChI is InChI=1S/C12H21NO4S/c1-9-6-13(8-12(2,3)17-9)11(14)10-4-5-18(15,16)7-10/h9-10H,4-8H2,1-3H3. The van der Waals surface area contributed by atoms with Crippen molar-refractivity contribution in [2.75, 3.05) is 24.6 Å². The normalized spacial score (nSPS) is 34.5. The van der Waals surface area contributed by atoms with Gasteiger partial charge in [0.25, 0.3) is 0 Å². The summed E-state index contributed by atoms with van der Waals surface area (Å²) in [5.41, 5.74) is -0.356. The molecule has 0 aromatic rings. The first-order chi connectivity index (χ1) is 8.19. The van der Waals surface area contributed by atoms with Crippen LogP contribution in [-0.2, 0) is 19.4 Å². The third-order valence-electron chi connectivity index (χ3n) is 3.46. The first kappa shape index (κ1) is 13.8. The second kappa shape index (κ2) is 4.49. The third kappa shape index (κ3) is 3.03. The molecule has 2 aliphatic heterocycles. The van der Waals surface area contributed by atoms with Gasteiger partial charge in [-0.3, -0.25) is 4.79 Å². The molecule has 6 heteroatoms. The van der Waals surface area contributed by atoms with Crippen molar-refractivity contribution in [3.05, 3.63) is 0 Å². The molecule has 1 amide bonds. The Hall–Kier alpha value is -0.620. The van der Waals surface area contributed by atoms with Gasteiger partial charge in [0.1, 0.15) is 0 Å². The molecule has 2 aliphatic rings. The maximum absolute atomic E-state index is 12.3. The molecule has 0 saturated carbocycles. The largest absolute Gasteiger partial charge is 0.369 e. The van der Waals surface area contributed by atoms with E-state index in [9.17, 15) is 13.2 Å².